The zero-order chi connectivity index (χ0) is 18.4. The maximum absolute atomic E-state index is 13.4. The second-order valence-electron chi connectivity index (χ2n) is 8.04. The van der Waals surface area contributed by atoms with Gasteiger partial charge in [-0.1, -0.05) is 36.8 Å². The lowest BCUT2D eigenvalue weighted by Crippen LogP contribution is -2.43. The first kappa shape index (κ1) is 17.7. The Kier molecular flexibility index (Phi) is 4.61. The van der Waals surface area contributed by atoms with E-state index in [0.717, 1.165) is 27.9 Å². The zero-order valence-corrected chi connectivity index (χ0v) is 16.6. The van der Waals surface area contributed by atoms with Gasteiger partial charge in [0, 0.05) is 19.1 Å². The van der Waals surface area contributed by atoms with E-state index in [0.29, 0.717) is 24.1 Å². The van der Waals surface area contributed by atoms with E-state index in [4.69, 9.17) is 5.73 Å². The second kappa shape index (κ2) is 6.78. The molecule has 2 heterocycles. The van der Waals surface area contributed by atoms with Crippen LogP contribution in [0, 0.1) is 31.6 Å². The number of hydrogen-bond donors (Lipinski definition) is 1. The van der Waals surface area contributed by atoms with Gasteiger partial charge in [0.25, 0.3) is 5.91 Å². The van der Waals surface area contributed by atoms with Crippen LogP contribution < -0.4 is 5.73 Å². The molecule has 4 rings (SSSR count). The quantitative estimate of drug-likeness (QED) is 0.893. The first-order valence-corrected chi connectivity index (χ1v) is 10.3. The van der Waals surface area contributed by atoms with Gasteiger partial charge in [-0.2, -0.15) is 0 Å². The van der Waals surface area contributed by atoms with Gasteiger partial charge in [-0.15, -0.1) is 11.3 Å². The third-order valence-electron chi connectivity index (χ3n) is 6.03. The largest absolute Gasteiger partial charge is 0.332 e. The lowest BCUT2D eigenvalue weighted by molar-refractivity contribution is 0.0710. The van der Waals surface area contributed by atoms with Crippen LogP contribution in [0.1, 0.15) is 40.8 Å². The minimum Gasteiger partial charge on any atom is -0.332 e. The van der Waals surface area contributed by atoms with Crippen molar-refractivity contribution in [3.63, 3.8) is 0 Å². The summed E-state index contributed by atoms with van der Waals surface area (Å²) in [5.41, 5.74) is 8.98. The molecule has 1 saturated heterocycles. The average molecular weight is 370 g/mol. The summed E-state index contributed by atoms with van der Waals surface area (Å²) in [7, 11) is 0. The van der Waals surface area contributed by atoms with Crippen molar-refractivity contribution in [3.8, 4) is 10.4 Å². The number of benzene rings is 1. The lowest BCUT2D eigenvalue weighted by atomic mass is 9.94. The number of aryl methyl sites for hydroxylation is 2. The Labute approximate surface area is 159 Å². The van der Waals surface area contributed by atoms with Gasteiger partial charge in [0.05, 0.1) is 9.88 Å². The number of carbonyl (C=O) groups is 1. The van der Waals surface area contributed by atoms with Crippen LogP contribution in [-0.4, -0.2) is 34.9 Å². The topological polar surface area (TPSA) is 59.2 Å². The summed E-state index contributed by atoms with van der Waals surface area (Å²) in [4.78, 5) is 21.1. The number of rotatable bonds is 3. The highest BCUT2D eigenvalue weighted by molar-refractivity contribution is 7.15. The van der Waals surface area contributed by atoms with Crippen molar-refractivity contribution >= 4 is 17.2 Å². The molecule has 1 aromatic heterocycles. The summed E-state index contributed by atoms with van der Waals surface area (Å²) in [5.74, 6) is 1.97. The second-order valence-corrected chi connectivity index (χ2v) is 9.24. The van der Waals surface area contributed by atoms with Crippen molar-refractivity contribution in [1.82, 2.24) is 9.88 Å². The Balaban J connectivity index is 1.67. The van der Waals surface area contributed by atoms with Crippen LogP contribution in [0.3, 0.4) is 0 Å². The van der Waals surface area contributed by atoms with Gasteiger partial charge in [0.1, 0.15) is 5.69 Å². The third-order valence-corrected chi connectivity index (χ3v) is 7.05. The van der Waals surface area contributed by atoms with E-state index in [1.165, 1.54) is 18.4 Å². The Hall–Kier alpha value is -1.72. The van der Waals surface area contributed by atoms with Gasteiger partial charge in [-0.3, -0.25) is 4.79 Å². The summed E-state index contributed by atoms with van der Waals surface area (Å²) in [6.07, 6.45) is 2.41. The maximum atomic E-state index is 13.4. The number of thiazole rings is 1. The molecule has 26 heavy (non-hydrogen) atoms. The lowest BCUT2D eigenvalue weighted by Gasteiger charge is -2.27. The molecule has 3 unspecified atom stereocenters. The molecule has 0 bridgehead atoms. The fraction of sp³-hybridized carbons (Fsp3) is 0.524. The van der Waals surface area contributed by atoms with Crippen LogP contribution >= 0.6 is 11.3 Å². The van der Waals surface area contributed by atoms with Gasteiger partial charge >= 0.3 is 0 Å². The molecule has 0 spiro atoms. The number of likely N-dealkylation sites (tertiary alicyclic amines) is 1. The van der Waals surface area contributed by atoms with Gasteiger partial charge in [-0.05, 0) is 50.0 Å². The number of carbonyl (C=O) groups excluding carboxylic acids is 1. The van der Waals surface area contributed by atoms with E-state index >= 15 is 0 Å². The first-order valence-electron chi connectivity index (χ1n) is 9.53. The van der Waals surface area contributed by atoms with Crippen LogP contribution in [0.2, 0.25) is 0 Å². The molecule has 1 aromatic carbocycles. The Morgan fingerprint density at radius 2 is 2.15 bits per heavy atom. The molecule has 0 radical (unpaired) electrons. The van der Waals surface area contributed by atoms with Crippen molar-refractivity contribution in [2.24, 2.45) is 23.5 Å². The first-order chi connectivity index (χ1) is 12.5. The van der Waals surface area contributed by atoms with E-state index in [1.807, 2.05) is 17.9 Å². The predicted octanol–water partition coefficient (Wildman–Crippen LogP) is 3.87. The van der Waals surface area contributed by atoms with E-state index in [9.17, 15) is 4.79 Å². The molecule has 2 fully saturated rings. The summed E-state index contributed by atoms with van der Waals surface area (Å²) in [5, 5.41) is 0.933. The molecule has 2 N–H and O–H groups in total. The number of hydrogen-bond acceptors (Lipinski definition) is 4. The third kappa shape index (κ3) is 2.97. The van der Waals surface area contributed by atoms with Gasteiger partial charge < -0.3 is 10.6 Å². The van der Waals surface area contributed by atoms with Crippen molar-refractivity contribution in [3.05, 3.63) is 40.5 Å². The zero-order valence-electron chi connectivity index (χ0n) is 15.7. The van der Waals surface area contributed by atoms with Crippen molar-refractivity contribution in [2.45, 2.75) is 39.7 Å². The highest BCUT2D eigenvalue weighted by Crippen LogP contribution is 2.45. The van der Waals surface area contributed by atoms with Gasteiger partial charge in [-0.25, -0.2) is 4.98 Å². The number of aromatic nitrogens is 1. The fourth-order valence-corrected chi connectivity index (χ4v) is 5.88. The summed E-state index contributed by atoms with van der Waals surface area (Å²) < 4.78 is 0. The van der Waals surface area contributed by atoms with Crippen molar-refractivity contribution in [1.29, 1.82) is 0 Å². The molecule has 1 aliphatic heterocycles. The Bertz CT molecular complexity index is 830. The molecule has 4 atom stereocenters. The standard InChI is InChI=1S/C21H27N3OS/c1-12-5-4-6-15(7-12)20-19(23-14(3)26-20)21(25)24-11-16-8-13(2)9-17(16)18(24)10-22/h4-7,13,16-18H,8-11,22H2,1-3H3/t13?,16?,17-,18?/m0/s1. The Morgan fingerprint density at radius 1 is 1.35 bits per heavy atom. The SMILES string of the molecule is Cc1cccc(-c2sc(C)nc2C(=O)N2CC3CC(C)C[C@@H]3C2CN)c1. The highest BCUT2D eigenvalue weighted by Gasteiger charge is 2.48. The highest BCUT2D eigenvalue weighted by atomic mass is 32.1. The van der Waals surface area contributed by atoms with E-state index in [1.54, 1.807) is 11.3 Å². The van der Waals surface area contributed by atoms with Gasteiger partial charge in [0.15, 0.2) is 0 Å². The van der Waals surface area contributed by atoms with Crippen molar-refractivity contribution < 1.29 is 4.79 Å². The van der Waals surface area contributed by atoms with Crippen LogP contribution in [0.15, 0.2) is 24.3 Å². The van der Waals surface area contributed by atoms with E-state index < -0.39 is 0 Å². The number of nitrogens with two attached hydrogens (primary N) is 1. The minimum absolute atomic E-state index is 0.0587. The minimum atomic E-state index is 0.0587. The normalized spacial score (nSPS) is 27.8. The van der Waals surface area contributed by atoms with Gasteiger partial charge in [0.2, 0.25) is 0 Å². The maximum Gasteiger partial charge on any atom is 0.274 e. The van der Waals surface area contributed by atoms with E-state index in [-0.39, 0.29) is 11.9 Å². The number of nitrogens with zero attached hydrogens (tertiary/aromatic N) is 2. The Morgan fingerprint density at radius 3 is 2.88 bits per heavy atom. The monoisotopic (exact) mass is 369 g/mol. The molecule has 1 aliphatic carbocycles. The molecule has 138 valence electrons. The molecule has 1 amide bonds. The molecule has 4 nitrogen and oxygen atoms in total. The molecular formula is C21H27N3OS. The fourth-order valence-electron chi connectivity index (χ4n) is 4.97. The average Bonchev–Trinajstić information content (AvgIpc) is 3.25. The van der Waals surface area contributed by atoms with Crippen molar-refractivity contribution in [2.75, 3.05) is 13.1 Å². The molecule has 2 aliphatic rings. The summed E-state index contributed by atoms with van der Waals surface area (Å²) in [6.45, 7) is 7.74. The smallest absolute Gasteiger partial charge is 0.274 e. The molecule has 2 aromatic rings. The molecule has 1 saturated carbocycles. The van der Waals surface area contributed by atoms with Crippen LogP contribution in [0.4, 0.5) is 0 Å². The summed E-state index contributed by atoms with van der Waals surface area (Å²) in [6, 6.07) is 8.47. The van der Waals surface area contributed by atoms with Crippen LogP contribution in [-0.2, 0) is 0 Å². The summed E-state index contributed by atoms with van der Waals surface area (Å²) >= 11 is 1.60. The van der Waals surface area contributed by atoms with E-state index in [2.05, 4.69) is 37.0 Å². The van der Waals surface area contributed by atoms with Crippen LogP contribution in [0.5, 0.6) is 0 Å². The number of amides is 1. The predicted molar refractivity (Wildman–Crippen MR) is 106 cm³/mol. The molecule has 5 heteroatoms. The number of fused-ring (bicyclic) bond motifs is 1. The van der Waals surface area contributed by atoms with Crippen LogP contribution in [0.25, 0.3) is 10.4 Å². The molecular weight excluding hydrogens is 342 g/mol.